The summed E-state index contributed by atoms with van der Waals surface area (Å²) in [5, 5.41) is 4.96. The average Bonchev–Trinajstić information content (AvgIpc) is 2.74. The number of fused-ring (bicyclic) bond motifs is 3. The molecule has 1 aliphatic rings. The first kappa shape index (κ1) is 16.4. The number of nitrogens with one attached hydrogen (secondary N) is 1. The van der Waals surface area contributed by atoms with E-state index in [2.05, 4.69) is 32.8 Å². The molecular formula is C19H17ClF2N2O. The number of rotatable bonds is 3. The van der Waals surface area contributed by atoms with E-state index < -0.39 is 6.61 Å². The molecule has 130 valence electrons. The standard InChI is InChI=1S/C19H17ClF2N2O/c20-17-11-15(25-19(21)22)2-3-16(17)12-1-4-18-13(9-12)10-14-5-6-23-7-8-24(14)18/h1-4,9-11,19,23H,5-8H2. The normalized spacial score (nSPS) is 14.6. The summed E-state index contributed by atoms with van der Waals surface area (Å²) >= 11 is 6.28. The molecule has 0 saturated carbocycles. The second kappa shape index (κ2) is 6.65. The van der Waals surface area contributed by atoms with Gasteiger partial charge in [-0.25, -0.2) is 0 Å². The van der Waals surface area contributed by atoms with Gasteiger partial charge in [0.05, 0.1) is 5.02 Å². The highest BCUT2D eigenvalue weighted by molar-refractivity contribution is 6.33. The monoisotopic (exact) mass is 362 g/mol. The molecule has 0 amide bonds. The average molecular weight is 363 g/mol. The summed E-state index contributed by atoms with van der Waals surface area (Å²) in [6.45, 7) is 0.0549. The van der Waals surface area contributed by atoms with Gasteiger partial charge in [0.1, 0.15) is 5.75 Å². The van der Waals surface area contributed by atoms with Crippen LogP contribution in [0.2, 0.25) is 5.02 Å². The molecule has 0 bridgehead atoms. The van der Waals surface area contributed by atoms with Crippen LogP contribution in [0.25, 0.3) is 22.0 Å². The SMILES string of the molecule is FC(F)Oc1ccc(-c2ccc3c(c2)cc2n3CCNCC2)c(Cl)c1. The first-order valence-corrected chi connectivity index (χ1v) is 8.57. The zero-order valence-corrected chi connectivity index (χ0v) is 14.2. The fourth-order valence-corrected chi connectivity index (χ4v) is 3.68. The van der Waals surface area contributed by atoms with Gasteiger partial charge in [-0.3, -0.25) is 0 Å². The Hall–Kier alpha value is -2.11. The predicted molar refractivity (Wildman–Crippen MR) is 95.6 cm³/mol. The Morgan fingerprint density at radius 1 is 1.08 bits per heavy atom. The number of halogens is 3. The van der Waals surface area contributed by atoms with Gasteiger partial charge in [-0.05, 0) is 42.0 Å². The van der Waals surface area contributed by atoms with Crippen LogP contribution in [0.4, 0.5) is 8.78 Å². The van der Waals surface area contributed by atoms with E-state index in [0.717, 1.165) is 37.2 Å². The topological polar surface area (TPSA) is 26.2 Å². The van der Waals surface area contributed by atoms with E-state index in [1.807, 2.05) is 6.07 Å². The second-order valence-electron chi connectivity index (χ2n) is 6.08. The molecule has 1 aliphatic heterocycles. The molecular weight excluding hydrogens is 346 g/mol. The Bertz CT molecular complexity index is 923. The molecule has 0 radical (unpaired) electrons. The number of hydrogen-bond acceptors (Lipinski definition) is 2. The minimum absolute atomic E-state index is 0.0629. The van der Waals surface area contributed by atoms with E-state index in [1.165, 1.54) is 28.7 Å². The Kier molecular flexibility index (Phi) is 4.36. The molecule has 0 fully saturated rings. The molecule has 0 saturated heterocycles. The molecule has 2 heterocycles. The van der Waals surface area contributed by atoms with Gasteiger partial charge >= 0.3 is 6.61 Å². The molecule has 0 atom stereocenters. The van der Waals surface area contributed by atoms with Crippen molar-refractivity contribution in [1.82, 2.24) is 9.88 Å². The third-order valence-corrected chi connectivity index (χ3v) is 4.85. The molecule has 1 aromatic heterocycles. The molecule has 6 heteroatoms. The number of ether oxygens (including phenoxy) is 1. The highest BCUT2D eigenvalue weighted by atomic mass is 35.5. The number of aromatic nitrogens is 1. The number of alkyl halides is 2. The van der Waals surface area contributed by atoms with Crippen LogP contribution in [0, 0.1) is 0 Å². The van der Waals surface area contributed by atoms with Crippen LogP contribution in [0.3, 0.4) is 0 Å². The summed E-state index contributed by atoms with van der Waals surface area (Å²) < 4.78 is 31.4. The molecule has 2 aromatic carbocycles. The molecule has 0 unspecified atom stereocenters. The summed E-state index contributed by atoms with van der Waals surface area (Å²) in [6.07, 6.45) is 1.00. The van der Waals surface area contributed by atoms with Crippen molar-refractivity contribution in [3.8, 4) is 16.9 Å². The Balaban J connectivity index is 1.72. The maximum atomic E-state index is 12.3. The summed E-state index contributed by atoms with van der Waals surface area (Å²) in [5.41, 5.74) is 4.29. The van der Waals surface area contributed by atoms with E-state index in [9.17, 15) is 8.78 Å². The van der Waals surface area contributed by atoms with Gasteiger partial charge in [0, 0.05) is 48.2 Å². The van der Waals surface area contributed by atoms with Crippen molar-refractivity contribution >= 4 is 22.5 Å². The fraction of sp³-hybridized carbons (Fsp3) is 0.263. The summed E-state index contributed by atoms with van der Waals surface area (Å²) in [5.74, 6) is 0.0629. The van der Waals surface area contributed by atoms with Gasteiger partial charge in [-0.1, -0.05) is 17.7 Å². The summed E-state index contributed by atoms with van der Waals surface area (Å²) in [7, 11) is 0. The van der Waals surface area contributed by atoms with Crippen LogP contribution in [-0.4, -0.2) is 24.3 Å². The van der Waals surface area contributed by atoms with Crippen LogP contribution in [-0.2, 0) is 13.0 Å². The number of hydrogen-bond donors (Lipinski definition) is 1. The van der Waals surface area contributed by atoms with E-state index in [1.54, 1.807) is 6.07 Å². The van der Waals surface area contributed by atoms with Crippen molar-refractivity contribution in [3.05, 3.63) is 53.2 Å². The van der Waals surface area contributed by atoms with Gasteiger partial charge in [0.25, 0.3) is 0 Å². The predicted octanol–water partition coefficient (Wildman–Crippen LogP) is 4.71. The van der Waals surface area contributed by atoms with E-state index in [-0.39, 0.29) is 5.75 Å². The first-order chi connectivity index (χ1) is 12.1. The van der Waals surface area contributed by atoms with Crippen LogP contribution in [0.15, 0.2) is 42.5 Å². The highest BCUT2D eigenvalue weighted by Crippen LogP contribution is 2.34. The van der Waals surface area contributed by atoms with Gasteiger partial charge in [-0.15, -0.1) is 0 Å². The van der Waals surface area contributed by atoms with Crippen LogP contribution >= 0.6 is 11.6 Å². The largest absolute Gasteiger partial charge is 0.435 e. The lowest BCUT2D eigenvalue weighted by molar-refractivity contribution is -0.0498. The third kappa shape index (κ3) is 3.22. The van der Waals surface area contributed by atoms with Crippen LogP contribution in [0.1, 0.15) is 5.69 Å². The zero-order valence-electron chi connectivity index (χ0n) is 13.4. The maximum absolute atomic E-state index is 12.3. The van der Waals surface area contributed by atoms with Crippen LogP contribution in [0.5, 0.6) is 5.75 Å². The smallest absolute Gasteiger partial charge is 0.387 e. The van der Waals surface area contributed by atoms with Gasteiger partial charge in [-0.2, -0.15) is 8.78 Å². The van der Waals surface area contributed by atoms with Gasteiger partial charge in [0.15, 0.2) is 0 Å². The van der Waals surface area contributed by atoms with E-state index >= 15 is 0 Å². The molecule has 0 aliphatic carbocycles. The van der Waals surface area contributed by atoms with Crippen molar-refractivity contribution in [2.75, 3.05) is 13.1 Å². The minimum atomic E-state index is -2.86. The van der Waals surface area contributed by atoms with Crippen molar-refractivity contribution in [3.63, 3.8) is 0 Å². The van der Waals surface area contributed by atoms with Crippen LogP contribution < -0.4 is 10.1 Å². The van der Waals surface area contributed by atoms with Crippen molar-refractivity contribution in [2.24, 2.45) is 0 Å². The molecule has 0 spiro atoms. The zero-order chi connectivity index (χ0) is 17.4. The fourth-order valence-electron chi connectivity index (χ4n) is 3.41. The second-order valence-corrected chi connectivity index (χ2v) is 6.49. The first-order valence-electron chi connectivity index (χ1n) is 8.19. The molecule has 25 heavy (non-hydrogen) atoms. The lowest BCUT2D eigenvalue weighted by Crippen LogP contribution is -2.17. The Morgan fingerprint density at radius 3 is 2.76 bits per heavy atom. The lowest BCUT2D eigenvalue weighted by Gasteiger charge is -2.10. The molecule has 4 rings (SSSR count). The summed E-state index contributed by atoms with van der Waals surface area (Å²) in [6, 6.07) is 13.1. The minimum Gasteiger partial charge on any atom is -0.435 e. The summed E-state index contributed by atoms with van der Waals surface area (Å²) in [4.78, 5) is 0. The van der Waals surface area contributed by atoms with Crippen molar-refractivity contribution < 1.29 is 13.5 Å². The Morgan fingerprint density at radius 2 is 1.96 bits per heavy atom. The molecule has 1 N–H and O–H groups in total. The van der Waals surface area contributed by atoms with Gasteiger partial charge < -0.3 is 14.6 Å². The van der Waals surface area contributed by atoms with E-state index in [4.69, 9.17) is 11.6 Å². The maximum Gasteiger partial charge on any atom is 0.387 e. The highest BCUT2D eigenvalue weighted by Gasteiger charge is 2.14. The van der Waals surface area contributed by atoms with Gasteiger partial charge in [0.2, 0.25) is 0 Å². The van der Waals surface area contributed by atoms with Crippen molar-refractivity contribution in [1.29, 1.82) is 0 Å². The van der Waals surface area contributed by atoms with E-state index in [0.29, 0.717) is 5.02 Å². The molecule has 3 nitrogen and oxygen atoms in total. The Labute approximate surface area is 149 Å². The third-order valence-electron chi connectivity index (χ3n) is 4.53. The number of nitrogens with zero attached hydrogens (tertiary/aromatic N) is 1. The quantitative estimate of drug-likeness (QED) is 0.730. The molecule has 3 aromatic rings. The lowest BCUT2D eigenvalue weighted by atomic mass is 10.0. The number of benzene rings is 2. The van der Waals surface area contributed by atoms with Crippen molar-refractivity contribution in [2.45, 2.75) is 19.6 Å².